The van der Waals surface area contributed by atoms with E-state index in [0.717, 1.165) is 10.1 Å². The summed E-state index contributed by atoms with van der Waals surface area (Å²) in [5.41, 5.74) is 0.651. The van der Waals surface area contributed by atoms with E-state index < -0.39 is 0 Å². The van der Waals surface area contributed by atoms with Crippen LogP contribution in [0, 0.1) is 5.92 Å². The van der Waals surface area contributed by atoms with Gasteiger partial charge < -0.3 is 14.2 Å². The molecule has 0 saturated heterocycles. The predicted octanol–water partition coefficient (Wildman–Crippen LogP) is 5.72. The van der Waals surface area contributed by atoms with Crippen molar-refractivity contribution in [3.05, 3.63) is 45.2 Å². The lowest BCUT2D eigenvalue weighted by Gasteiger charge is -2.19. The molecule has 0 amide bonds. The van der Waals surface area contributed by atoms with Crippen LogP contribution in [0.4, 0.5) is 0 Å². The van der Waals surface area contributed by atoms with Crippen molar-refractivity contribution in [2.24, 2.45) is 5.92 Å². The summed E-state index contributed by atoms with van der Waals surface area (Å²) in [5.74, 6) is 2.27. The topological polar surface area (TPSA) is 62.6 Å². The van der Waals surface area contributed by atoms with Gasteiger partial charge in [0.25, 0.3) is 5.56 Å². The number of methoxy groups -OCH3 is 3. The van der Waals surface area contributed by atoms with Crippen molar-refractivity contribution in [1.82, 2.24) is 9.55 Å². The van der Waals surface area contributed by atoms with Crippen LogP contribution in [0.2, 0.25) is 0 Å². The fourth-order valence-electron chi connectivity index (χ4n) is 3.73. The van der Waals surface area contributed by atoms with Gasteiger partial charge in [0.05, 0.1) is 31.2 Å². The zero-order valence-corrected chi connectivity index (χ0v) is 20.4. The van der Waals surface area contributed by atoms with Crippen LogP contribution < -0.4 is 19.8 Å². The fraction of sp³-hybridized carbons (Fsp3) is 0.304. The second-order valence-electron chi connectivity index (χ2n) is 7.53. The summed E-state index contributed by atoms with van der Waals surface area (Å²) >= 11 is 5.16. The quantitative estimate of drug-likeness (QED) is 0.337. The summed E-state index contributed by atoms with van der Waals surface area (Å²) in [6, 6.07) is 9.74. The second-order valence-corrected chi connectivity index (χ2v) is 9.35. The maximum absolute atomic E-state index is 13.7. The Hall–Kier alpha value is -2.58. The molecule has 162 valence electrons. The van der Waals surface area contributed by atoms with Gasteiger partial charge in [-0.3, -0.25) is 9.36 Å². The van der Waals surface area contributed by atoms with E-state index in [4.69, 9.17) is 19.2 Å². The standard InChI is InChI=1S/C23H23BrN2O4S/c1-12(2)11-26-21(14-10-15(28-3)19(29-4)20(30-5)18(14)24)25-22-17(23(26)27)13-8-6-7-9-16(13)31-22/h6-10,12H,11H2,1-5H3. The third kappa shape index (κ3) is 3.57. The molecule has 0 radical (unpaired) electrons. The Morgan fingerprint density at radius 3 is 2.45 bits per heavy atom. The van der Waals surface area contributed by atoms with Gasteiger partial charge >= 0.3 is 0 Å². The van der Waals surface area contributed by atoms with Crippen molar-refractivity contribution in [3.63, 3.8) is 0 Å². The number of rotatable bonds is 6. The molecule has 6 nitrogen and oxygen atoms in total. The summed E-state index contributed by atoms with van der Waals surface area (Å²) in [6.45, 7) is 4.69. The first-order valence-corrected chi connectivity index (χ1v) is 11.4. The molecule has 0 atom stereocenters. The molecule has 0 fully saturated rings. The minimum Gasteiger partial charge on any atom is -0.493 e. The summed E-state index contributed by atoms with van der Waals surface area (Å²) in [5, 5.41) is 1.60. The minimum atomic E-state index is -0.0493. The zero-order chi connectivity index (χ0) is 22.3. The summed E-state index contributed by atoms with van der Waals surface area (Å²) < 4.78 is 20.1. The van der Waals surface area contributed by atoms with Crippen molar-refractivity contribution in [1.29, 1.82) is 0 Å². The molecule has 0 saturated carbocycles. The normalized spacial score (nSPS) is 11.5. The first kappa shape index (κ1) is 21.6. The molecule has 0 aliphatic rings. The van der Waals surface area contributed by atoms with Crippen LogP contribution in [-0.4, -0.2) is 30.9 Å². The molecule has 0 aliphatic carbocycles. The van der Waals surface area contributed by atoms with Gasteiger partial charge in [-0.1, -0.05) is 32.0 Å². The van der Waals surface area contributed by atoms with Gasteiger partial charge in [0.15, 0.2) is 11.5 Å². The fourth-order valence-corrected chi connectivity index (χ4v) is 5.43. The van der Waals surface area contributed by atoms with Gasteiger partial charge in [-0.2, -0.15) is 0 Å². The summed E-state index contributed by atoms with van der Waals surface area (Å²) in [6.07, 6.45) is 0. The van der Waals surface area contributed by atoms with Crippen LogP contribution in [0.3, 0.4) is 0 Å². The van der Waals surface area contributed by atoms with E-state index in [9.17, 15) is 4.79 Å². The summed E-state index contributed by atoms with van der Waals surface area (Å²) in [7, 11) is 4.69. The highest BCUT2D eigenvalue weighted by molar-refractivity contribution is 9.10. The Labute approximate surface area is 192 Å². The third-order valence-corrected chi connectivity index (χ3v) is 6.91. The third-order valence-electron chi connectivity index (χ3n) is 5.06. The van der Waals surface area contributed by atoms with Crippen LogP contribution in [0.15, 0.2) is 39.6 Å². The Morgan fingerprint density at radius 1 is 1.10 bits per heavy atom. The van der Waals surface area contributed by atoms with E-state index in [0.29, 0.717) is 49.9 Å². The Bertz CT molecular complexity index is 1340. The number of nitrogens with zero attached hydrogens (tertiary/aromatic N) is 2. The van der Waals surface area contributed by atoms with E-state index >= 15 is 0 Å². The van der Waals surface area contributed by atoms with Gasteiger partial charge in [-0.25, -0.2) is 4.98 Å². The molecule has 0 aliphatic heterocycles. The number of ether oxygens (including phenoxy) is 3. The first-order chi connectivity index (χ1) is 14.9. The maximum Gasteiger partial charge on any atom is 0.263 e. The maximum atomic E-state index is 13.7. The molecule has 2 aromatic heterocycles. The smallest absolute Gasteiger partial charge is 0.263 e. The largest absolute Gasteiger partial charge is 0.493 e. The molecule has 8 heteroatoms. The van der Waals surface area contributed by atoms with Crippen LogP contribution in [0.5, 0.6) is 17.2 Å². The molecule has 0 N–H and O–H groups in total. The second kappa shape index (κ2) is 8.51. The van der Waals surface area contributed by atoms with Crippen LogP contribution in [-0.2, 0) is 6.54 Å². The van der Waals surface area contributed by atoms with Gasteiger partial charge in [0.1, 0.15) is 10.7 Å². The molecule has 2 aromatic carbocycles. The molecule has 0 spiro atoms. The molecule has 0 unspecified atom stereocenters. The number of hydrogen-bond donors (Lipinski definition) is 0. The van der Waals surface area contributed by atoms with Crippen molar-refractivity contribution in [3.8, 4) is 28.6 Å². The van der Waals surface area contributed by atoms with Crippen LogP contribution in [0.25, 0.3) is 31.7 Å². The van der Waals surface area contributed by atoms with Crippen LogP contribution in [0.1, 0.15) is 13.8 Å². The zero-order valence-electron chi connectivity index (χ0n) is 18.0. The number of aromatic nitrogens is 2. The Morgan fingerprint density at radius 2 is 1.81 bits per heavy atom. The molecular formula is C23H23BrN2O4S. The molecule has 4 aromatic rings. The SMILES string of the molecule is COc1cc(-c2nc3sc4ccccc4c3c(=O)n2CC(C)C)c(Br)c(OC)c1OC. The highest BCUT2D eigenvalue weighted by atomic mass is 79.9. The molecule has 4 rings (SSSR count). The van der Waals surface area contributed by atoms with Crippen LogP contribution >= 0.6 is 27.3 Å². The predicted molar refractivity (Wildman–Crippen MR) is 129 cm³/mol. The molecule has 0 bridgehead atoms. The minimum absolute atomic E-state index is 0.0493. The van der Waals surface area contributed by atoms with E-state index in [1.165, 1.54) is 11.3 Å². The molecule has 2 heterocycles. The van der Waals surface area contributed by atoms with Crippen molar-refractivity contribution >= 4 is 47.6 Å². The first-order valence-electron chi connectivity index (χ1n) is 9.82. The van der Waals surface area contributed by atoms with Crippen molar-refractivity contribution < 1.29 is 14.2 Å². The Kier molecular flexibility index (Phi) is 5.94. The molecule has 31 heavy (non-hydrogen) atoms. The van der Waals surface area contributed by atoms with Gasteiger partial charge in [-0.15, -0.1) is 11.3 Å². The van der Waals surface area contributed by atoms with E-state index in [-0.39, 0.29) is 11.5 Å². The average Bonchev–Trinajstić information content (AvgIpc) is 3.13. The van der Waals surface area contributed by atoms with E-state index in [1.54, 1.807) is 25.9 Å². The highest BCUT2D eigenvalue weighted by Crippen LogP contribution is 2.48. The highest BCUT2D eigenvalue weighted by Gasteiger charge is 2.25. The van der Waals surface area contributed by atoms with E-state index in [2.05, 4.69) is 29.8 Å². The Balaban J connectivity index is 2.12. The number of hydrogen-bond acceptors (Lipinski definition) is 6. The number of halogens is 1. The average molecular weight is 503 g/mol. The van der Waals surface area contributed by atoms with Gasteiger partial charge in [0.2, 0.25) is 5.75 Å². The number of fused-ring (bicyclic) bond motifs is 3. The van der Waals surface area contributed by atoms with Crippen molar-refractivity contribution in [2.45, 2.75) is 20.4 Å². The molecular weight excluding hydrogens is 480 g/mol. The summed E-state index contributed by atoms with van der Waals surface area (Å²) in [4.78, 5) is 19.4. The lowest BCUT2D eigenvalue weighted by Crippen LogP contribution is -2.25. The monoisotopic (exact) mass is 502 g/mol. The van der Waals surface area contributed by atoms with Crippen molar-refractivity contribution in [2.75, 3.05) is 21.3 Å². The number of benzene rings is 2. The number of thiophene rings is 1. The van der Waals surface area contributed by atoms with E-state index in [1.807, 2.05) is 30.3 Å². The lowest BCUT2D eigenvalue weighted by atomic mass is 10.1. The van der Waals surface area contributed by atoms with Gasteiger partial charge in [-0.05, 0) is 34.0 Å². The lowest BCUT2D eigenvalue weighted by molar-refractivity contribution is 0.323. The van der Waals surface area contributed by atoms with Gasteiger partial charge in [0, 0.05) is 22.2 Å².